The first kappa shape index (κ1) is 21.4. The third kappa shape index (κ3) is 3.43. The van der Waals surface area contributed by atoms with Crippen LogP contribution >= 0.6 is 0 Å². The van der Waals surface area contributed by atoms with E-state index in [-0.39, 0.29) is 17.4 Å². The van der Waals surface area contributed by atoms with Gasteiger partial charge < -0.3 is 44.5 Å². The van der Waals surface area contributed by atoms with Gasteiger partial charge in [0.1, 0.15) is 23.9 Å². The van der Waals surface area contributed by atoms with Crippen molar-refractivity contribution in [1.82, 2.24) is 0 Å². The monoisotopic (exact) mass is 404 g/mol. The third-order valence-electron chi connectivity index (χ3n) is 6.18. The van der Waals surface area contributed by atoms with Crippen molar-refractivity contribution in [2.75, 3.05) is 13.7 Å². The Morgan fingerprint density at radius 3 is 2.54 bits per heavy atom. The lowest BCUT2D eigenvalue weighted by Gasteiger charge is -2.47. The highest BCUT2D eigenvalue weighted by Gasteiger charge is 2.55. The Labute approximate surface area is 162 Å². The van der Waals surface area contributed by atoms with Crippen molar-refractivity contribution in [3.8, 4) is 0 Å². The maximum Gasteiger partial charge on any atom is 0.337 e. The van der Waals surface area contributed by atoms with Gasteiger partial charge in [-0.25, -0.2) is 4.79 Å². The second-order valence-electron chi connectivity index (χ2n) is 7.93. The van der Waals surface area contributed by atoms with E-state index in [2.05, 4.69) is 0 Å². The molecule has 3 rings (SSSR count). The van der Waals surface area contributed by atoms with Crippen LogP contribution in [0.4, 0.5) is 0 Å². The minimum Gasteiger partial charge on any atom is -0.472 e. The summed E-state index contributed by atoms with van der Waals surface area (Å²) in [7, 11) is 1.25. The van der Waals surface area contributed by atoms with Crippen molar-refractivity contribution in [3.05, 3.63) is 11.8 Å². The molecule has 1 saturated heterocycles. The van der Waals surface area contributed by atoms with Crippen molar-refractivity contribution < 1.29 is 49.3 Å². The molecule has 0 spiro atoms. The van der Waals surface area contributed by atoms with Gasteiger partial charge in [0, 0.05) is 11.8 Å². The summed E-state index contributed by atoms with van der Waals surface area (Å²) in [5, 5.41) is 50.3. The van der Waals surface area contributed by atoms with Gasteiger partial charge in [-0.2, -0.15) is 0 Å². The maximum absolute atomic E-state index is 12.0. The van der Waals surface area contributed by atoms with Crippen LogP contribution in [0.15, 0.2) is 11.8 Å². The molecule has 10 heteroatoms. The largest absolute Gasteiger partial charge is 0.472 e. The Hall–Kier alpha value is -1.27. The number of carbonyl (C=O) groups is 1. The highest BCUT2D eigenvalue weighted by Crippen LogP contribution is 2.47. The Morgan fingerprint density at radius 1 is 1.25 bits per heavy atom. The molecule has 10 atom stereocenters. The van der Waals surface area contributed by atoms with Crippen LogP contribution in [0.5, 0.6) is 0 Å². The molecule has 1 saturated carbocycles. The molecule has 2 fully saturated rings. The Morgan fingerprint density at radius 2 is 1.93 bits per heavy atom. The molecule has 1 aliphatic carbocycles. The van der Waals surface area contributed by atoms with E-state index in [1.807, 2.05) is 0 Å². The van der Waals surface area contributed by atoms with Gasteiger partial charge in [-0.3, -0.25) is 0 Å². The number of hydrogen-bond acceptors (Lipinski definition) is 10. The van der Waals surface area contributed by atoms with Gasteiger partial charge in [0.15, 0.2) is 6.29 Å². The van der Waals surface area contributed by atoms with Crippen LogP contribution in [0, 0.1) is 17.8 Å². The number of carbonyl (C=O) groups excluding carboxylic acids is 1. The van der Waals surface area contributed by atoms with E-state index < -0.39 is 61.1 Å². The lowest BCUT2D eigenvalue weighted by molar-refractivity contribution is -0.366. The van der Waals surface area contributed by atoms with Gasteiger partial charge in [-0.15, -0.1) is 0 Å². The van der Waals surface area contributed by atoms with Crippen molar-refractivity contribution in [3.63, 3.8) is 0 Å². The summed E-state index contributed by atoms with van der Waals surface area (Å²) < 4.78 is 21.7. The first-order valence-electron chi connectivity index (χ1n) is 9.24. The van der Waals surface area contributed by atoms with Gasteiger partial charge in [0.2, 0.25) is 6.29 Å². The molecule has 5 N–H and O–H groups in total. The van der Waals surface area contributed by atoms with Gasteiger partial charge in [0.05, 0.1) is 31.7 Å². The van der Waals surface area contributed by atoms with Crippen molar-refractivity contribution in [2.45, 2.75) is 62.9 Å². The van der Waals surface area contributed by atoms with E-state index >= 15 is 0 Å². The van der Waals surface area contributed by atoms with E-state index in [0.29, 0.717) is 6.42 Å². The van der Waals surface area contributed by atoms with Crippen molar-refractivity contribution >= 4 is 5.97 Å². The van der Waals surface area contributed by atoms with Crippen molar-refractivity contribution in [2.24, 2.45) is 17.8 Å². The Bertz CT molecular complexity index is 623. The number of esters is 1. The number of methoxy groups -OCH3 is 1. The van der Waals surface area contributed by atoms with E-state index in [1.54, 1.807) is 6.92 Å². The molecular weight excluding hydrogens is 376 g/mol. The second-order valence-corrected chi connectivity index (χ2v) is 7.93. The van der Waals surface area contributed by atoms with Crippen LogP contribution in [-0.4, -0.2) is 87.8 Å². The topological polar surface area (TPSA) is 155 Å². The number of aliphatic hydroxyl groups is 5. The molecule has 0 aromatic heterocycles. The van der Waals surface area contributed by atoms with E-state index in [1.165, 1.54) is 20.3 Å². The highest BCUT2D eigenvalue weighted by molar-refractivity contribution is 5.89. The summed E-state index contributed by atoms with van der Waals surface area (Å²) >= 11 is 0. The molecule has 3 aliphatic rings. The van der Waals surface area contributed by atoms with Crippen LogP contribution in [-0.2, 0) is 23.7 Å². The highest BCUT2D eigenvalue weighted by atomic mass is 16.8. The van der Waals surface area contributed by atoms with Gasteiger partial charge >= 0.3 is 5.97 Å². The first-order valence-corrected chi connectivity index (χ1v) is 9.24. The predicted octanol–water partition coefficient (Wildman–Crippen LogP) is -1.76. The fraction of sp³-hybridized carbons (Fsp3) is 0.833. The van der Waals surface area contributed by atoms with Gasteiger partial charge in [-0.1, -0.05) is 6.92 Å². The molecule has 0 bridgehead atoms. The molecule has 160 valence electrons. The number of aliphatic hydroxyl groups excluding tert-OH is 5. The average Bonchev–Trinajstić information content (AvgIpc) is 2.99. The van der Waals surface area contributed by atoms with E-state index in [0.717, 1.165) is 0 Å². The molecule has 10 unspecified atom stereocenters. The first-order chi connectivity index (χ1) is 13.1. The summed E-state index contributed by atoms with van der Waals surface area (Å²) in [6.45, 7) is 2.56. The summed E-state index contributed by atoms with van der Waals surface area (Å²) in [6, 6.07) is 0. The quantitative estimate of drug-likeness (QED) is 0.340. The minimum atomic E-state index is -1.61. The van der Waals surface area contributed by atoms with E-state index in [9.17, 15) is 30.3 Å². The molecule has 10 nitrogen and oxygen atoms in total. The second kappa shape index (κ2) is 7.86. The molecule has 0 aromatic rings. The van der Waals surface area contributed by atoms with Crippen LogP contribution in [0.1, 0.15) is 20.3 Å². The fourth-order valence-electron chi connectivity index (χ4n) is 4.27. The average molecular weight is 404 g/mol. The van der Waals surface area contributed by atoms with Crippen LogP contribution in [0.3, 0.4) is 0 Å². The SMILES string of the molecule is COC(=O)C1=COC(OC2OC(C)(CO)C(O)C(O)C2O)C2C1CC(O)C2C. The smallest absolute Gasteiger partial charge is 0.337 e. The lowest BCUT2D eigenvalue weighted by atomic mass is 9.83. The lowest BCUT2D eigenvalue weighted by Crippen LogP contribution is -2.65. The summed E-state index contributed by atoms with van der Waals surface area (Å²) in [5.41, 5.74) is -1.26. The number of hydrogen-bond donors (Lipinski definition) is 5. The zero-order valence-corrected chi connectivity index (χ0v) is 16.0. The third-order valence-corrected chi connectivity index (χ3v) is 6.18. The molecule has 0 radical (unpaired) electrons. The minimum absolute atomic E-state index is 0.288. The van der Waals surface area contributed by atoms with E-state index in [4.69, 9.17) is 18.9 Å². The number of fused-ring (bicyclic) bond motifs is 1. The number of rotatable bonds is 4. The molecule has 0 amide bonds. The summed E-state index contributed by atoms with van der Waals surface area (Å²) in [5.74, 6) is -1.66. The Balaban J connectivity index is 1.83. The maximum atomic E-state index is 12.0. The molecule has 28 heavy (non-hydrogen) atoms. The summed E-state index contributed by atoms with van der Waals surface area (Å²) in [4.78, 5) is 12.0. The van der Waals surface area contributed by atoms with Crippen LogP contribution in [0.2, 0.25) is 0 Å². The normalized spacial score (nSPS) is 48.4. The molecular formula is C18H28O10. The van der Waals surface area contributed by atoms with Crippen LogP contribution < -0.4 is 0 Å². The number of ether oxygens (including phenoxy) is 4. The van der Waals surface area contributed by atoms with Crippen molar-refractivity contribution in [1.29, 1.82) is 0 Å². The Kier molecular flexibility index (Phi) is 6.02. The standard InChI is InChI=1S/C18H28O10/c1-7-10(20)4-8-9(15(24)25-3)5-26-16(11(7)8)27-17-13(22)12(21)14(23)18(2,6-19)28-17/h5,7-8,10-14,16-17,19-23H,4,6H2,1-3H3. The predicted molar refractivity (Wildman–Crippen MR) is 91.2 cm³/mol. The molecule has 2 heterocycles. The molecule has 0 aromatic carbocycles. The summed E-state index contributed by atoms with van der Waals surface area (Å²) in [6.07, 6.45) is -6.27. The zero-order chi connectivity index (χ0) is 20.8. The fourth-order valence-corrected chi connectivity index (χ4v) is 4.27. The van der Waals surface area contributed by atoms with Gasteiger partial charge in [0.25, 0.3) is 0 Å². The van der Waals surface area contributed by atoms with Gasteiger partial charge in [-0.05, 0) is 19.3 Å². The molecule has 2 aliphatic heterocycles. The van der Waals surface area contributed by atoms with Crippen LogP contribution in [0.25, 0.3) is 0 Å². The zero-order valence-electron chi connectivity index (χ0n) is 16.0.